The Balaban J connectivity index is 2.56. The molecule has 1 aliphatic heterocycles. The van der Waals surface area contributed by atoms with Gasteiger partial charge in [0.05, 0.1) is 11.4 Å². The summed E-state index contributed by atoms with van der Waals surface area (Å²) in [5.41, 5.74) is -0.893. The summed E-state index contributed by atoms with van der Waals surface area (Å²) in [7, 11) is -3.99. The lowest BCUT2D eigenvalue weighted by atomic mass is 10.0. The van der Waals surface area contributed by atoms with E-state index in [1.54, 1.807) is 6.92 Å². The molecule has 1 saturated heterocycles. The third-order valence-electron chi connectivity index (χ3n) is 3.42. The first-order valence-electron chi connectivity index (χ1n) is 6.20. The first-order chi connectivity index (χ1) is 9.56. The third-order valence-corrected chi connectivity index (χ3v) is 5.84. The predicted octanol–water partition coefficient (Wildman–Crippen LogP) is 1.07. The first-order valence-corrected chi connectivity index (χ1v) is 8.02. The number of hydrogen-bond donors (Lipinski definition) is 1. The van der Waals surface area contributed by atoms with Crippen LogP contribution in [-0.2, 0) is 19.6 Å². The molecule has 2 amide bonds. The number of carbonyl (C=O) groups excluding carboxylic acids is 2. The van der Waals surface area contributed by atoms with Crippen molar-refractivity contribution in [3.05, 3.63) is 28.8 Å². The molecule has 1 aromatic carbocycles. The molecule has 21 heavy (non-hydrogen) atoms. The van der Waals surface area contributed by atoms with E-state index in [-0.39, 0.29) is 4.90 Å². The van der Waals surface area contributed by atoms with Gasteiger partial charge in [0.25, 0.3) is 0 Å². The minimum absolute atomic E-state index is 0.0301. The topological polar surface area (TPSA) is 83.6 Å². The average Bonchev–Trinajstić information content (AvgIpc) is 2.33. The molecule has 6 nitrogen and oxygen atoms in total. The van der Waals surface area contributed by atoms with Gasteiger partial charge in [-0.3, -0.25) is 14.9 Å². The van der Waals surface area contributed by atoms with Crippen LogP contribution in [0, 0.1) is 6.92 Å². The van der Waals surface area contributed by atoms with E-state index in [9.17, 15) is 18.0 Å². The van der Waals surface area contributed by atoms with Gasteiger partial charge in [-0.25, -0.2) is 8.42 Å². The van der Waals surface area contributed by atoms with Gasteiger partial charge in [0.15, 0.2) is 0 Å². The molecule has 0 aromatic heterocycles. The van der Waals surface area contributed by atoms with Crippen molar-refractivity contribution in [1.82, 2.24) is 9.62 Å². The Kier molecular flexibility index (Phi) is 3.86. The Labute approximate surface area is 128 Å². The van der Waals surface area contributed by atoms with Crippen molar-refractivity contribution in [2.75, 3.05) is 6.54 Å². The van der Waals surface area contributed by atoms with Gasteiger partial charge in [-0.1, -0.05) is 11.6 Å². The number of benzene rings is 1. The van der Waals surface area contributed by atoms with E-state index >= 15 is 0 Å². The molecule has 0 atom stereocenters. The summed E-state index contributed by atoms with van der Waals surface area (Å²) in [5, 5.41) is 2.56. The molecule has 1 heterocycles. The molecular formula is C13H15ClN2O4S. The van der Waals surface area contributed by atoms with Crippen LogP contribution >= 0.6 is 11.6 Å². The number of carbonyl (C=O) groups is 2. The second-order valence-electron chi connectivity index (χ2n) is 5.36. The zero-order valence-corrected chi connectivity index (χ0v) is 13.4. The summed E-state index contributed by atoms with van der Waals surface area (Å²) in [6.45, 7) is 4.12. The highest BCUT2D eigenvalue weighted by Crippen LogP contribution is 2.29. The number of aryl methyl sites for hydroxylation is 1. The second-order valence-corrected chi connectivity index (χ2v) is 7.62. The second kappa shape index (κ2) is 5.08. The van der Waals surface area contributed by atoms with E-state index < -0.39 is 33.9 Å². The van der Waals surface area contributed by atoms with Crippen LogP contribution in [0.25, 0.3) is 0 Å². The van der Waals surface area contributed by atoms with E-state index in [0.29, 0.717) is 10.6 Å². The molecule has 2 rings (SSSR count). The standard InChI is InChI=1S/C13H15ClN2O4S/c1-8-6-9(14)4-5-10(8)21(19,20)16-7-11(17)15-12(18)13(16,2)3/h4-6H,7H2,1-3H3,(H,15,17,18). The van der Waals surface area contributed by atoms with E-state index in [2.05, 4.69) is 5.32 Å². The Morgan fingerprint density at radius 3 is 2.48 bits per heavy atom. The highest BCUT2D eigenvalue weighted by molar-refractivity contribution is 7.89. The van der Waals surface area contributed by atoms with Crippen LogP contribution in [-0.4, -0.2) is 36.6 Å². The van der Waals surface area contributed by atoms with Crippen LogP contribution in [0.1, 0.15) is 19.4 Å². The van der Waals surface area contributed by atoms with Crippen molar-refractivity contribution in [2.24, 2.45) is 0 Å². The summed E-state index contributed by atoms with van der Waals surface area (Å²) in [4.78, 5) is 23.5. The summed E-state index contributed by atoms with van der Waals surface area (Å²) < 4.78 is 26.5. The molecule has 0 saturated carbocycles. The molecule has 1 aromatic rings. The lowest BCUT2D eigenvalue weighted by Crippen LogP contribution is -2.65. The van der Waals surface area contributed by atoms with Crippen LogP contribution in [0.15, 0.2) is 23.1 Å². The molecule has 0 radical (unpaired) electrons. The van der Waals surface area contributed by atoms with Gasteiger partial charge in [0.2, 0.25) is 21.8 Å². The minimum atomic E-state index is -3.99. The molecule has 0 unspecified atom stereocenters. The number of sulfonamides is 1. The van der Waals surface area contributed by atoms with Crippen LogP contribution in [0.3, 0.4) is 0 Å². The van der Waals surface area contributed by atoms with Crippen molar-refractivity contribution < 1.29 is 18.0 Å². The van der Waals surface area contributed by atoms with Gasteiger partial charge in [-0.2, -0.15) is 4.31 Å². The predicted molar refractivity (Wildman–Crippen MR) is 77.3 cm³/mol. The fourth-order valence-electron chi connectivity index (χ4n) is 2.17. The largest absolute Gasteiger partial charge is 0.294 e. The minimum Gasteiger partial charge on any atom is -0.294 e. The Morgan fingerprint density at radius 1 is 1.29 bits per heavy atom. The Hall–Kier alpha value is -1.44. The fourth-order valence-corrected chi connectivity index (χ4v) is 4.31. The smallest absolute Gasteiger partial charge is 0.247 e. The molecule has 1 N–H and O–H groups in total. The number of nitrogens with zero attached hydrogens (tertiary/aromatic N) is 1. The lowest BCUT2D eigenvalue weighted by molar-refractivity contribution is -0.141. The summed E-state index contributed by atoms with van der Waals surface area (Å²) in [6, 6.07) is 4.35. The van der Waals surface area contributed by atoms with Gasteiger partial charge in [-0.05, 0) is 44.5 Å². The van der Waals surface area contributed by atoms with Crippen molar-refractivity contribution in [3.63, 3.8) is 0 Å². The SMILES string of the molecule is Cc1cc(Cl)ccc1S(=O)(=O)N1CC(=O)NC(=O)C1(C)C. The van der Waals surface area contributed by atoms with Crippen LogP contribution < -0.4 is 5.32 Å². The van der Waals surface area contributed by atoms with Crippen molar-refractivity contribution in [2.45, 2.75) is 31.2 Å². The highest BCUT2D eigenvalue weighted by atomic mass is 35.5. The molecule has 114 valence electrons. The number of nitrogens with one attached hydrogen (secondary N) is 1. The lowest BCUT2D eigenvalue weighted by Gasteiger charge is -2.39. The summed E-state index contributed by atoms with van der Waals surface area (Å²) >= 11 is 5.83. The monoisotopic (exact) mass is 330 g/mol. The molecule has 0 aliphatic carbocycles. The molecule has 1 aliphatic rings. The molecule has 0 bridgehead atoms. The number of amides is 2. The Morgan fingerprint density at radius 2 is 1.90 bits per heavy atom. The van der Waals surface area contributed by atoms with E-state index in [4.69, 9.17) is 11.6 Å². The zero-order chi connectivity index (χ0) is 16.0. The van der Waals surface area contributed by atoms with Gasteiger partial charge in [-0.15, -0.1) is 0 Å². The maximum absolute atomic E-state index is 12.8. The molecule has 1 fully saturated rings. The summed E-state index contributed by atoms with van der Waals surface area (Å²) in [5.74, 6) is -1.29. The average molecular weight is 331 g/mol. The number of imide groups is 1. The van der Waals surface area contributed by atoms with E-state index in [1.807, 2.05) is 0 Å². The first kappa shape index (κ1) is 15.9. The van der Waals surface area contributed by atoms with Gasteiger partial charge < -0.3 is 0 Å². The number of rotatable bonds is 2. The van der Waals surface area contributed by atoms with Gasteiger partial charge >= 0.3 is 0 Å². The van der Waals surface area contributed by atoms with Crippen LogP contribution in [0.4, 0.5) is 0 Å². The van der Waals surface area contributed by atoms with Crippen LogP contribution in [0.5, 0.6) is 0 Å². The van der Waals surface area contributed by atoms with E-state index in [0.717, 1.165) is 4.31 Å². The Bertz CT molecular complexity index is 728. The van der Waals surface area contributed by atoms with Crippen LogP contribution in [0.2, 0.25) is 5.02 Å². The number of piperazine rings is 1. The summed E-state index contributed by atoms with van der Waals surface area (Å²) in [6.07, 6.45) is 0. The molecule has 8 heteroatoms. The maximum Gasteiger partial charge on any atom is 0.247 e. The van der Waals surface area contributed by atoms with Gasteiger partial charge in [0.1, 0.15) is 5.54 Å². The van der Waals surface area contributed by atoms with E-state index in [1.165, 1.54) is 32.0 Å². The maximum atomic E-state index is 12.8. The van der Waals surface area contributed by atoms with Gasteiger partial charge in [0, 0.05) is 5.02 Å². The van der Waals surface area contributed by atoms with Crippen molar-refractivity contribution in [1.29, 1.82) is 0 Å². The quantitative estimate of drug-likeness (QED) is 0.822. The van der Waals surface area contributed by atoms with Crippen molar-refractivity contribution >= 4 is 33.4 Å². The highest BCUT2D eigenvalue weighted by Gasteiger charge is 2.47. The van der Waals surface area contributed by atoms with Crippen molar-refractivity contribution in [3.8, 4) is 0 Å². The number of halogens is 1. The zero-order valence-electron chi connectivity index (χ0n) is 11.8. The molecular weight excluding hydrogens is 316 g/mol. The fraction of sp³-hybridized carbons (Fsp3) is 0.385. The third kappa shape index (κ3) is 2.68. The molecule has 0 spiro atoms. The number of hydrogen-bond acceptors (Lipinski definition) is 4. The normalized spacial score (nSPS) is 19.4.